The lowest BCUT2D eigenvalue weighted by Crippen LogP contribution is -2.36. The fourth-order valence-electron chi connectivity index (χ4n) is 1.56. The zero-order chi connectivity index (χ0) is 13.1. The second-order valence-electron chi connectivity index (χ2n) is 3.89. The molecule has 1 aromatic heterocycles. The molecule has 0 fully saturated rings. The number of hydrogen-bond acceptors (Lipinski definition) is 5. The average Bonchev–Trinajstić information content (AvgIpc) is 3.00. The number of nitrogens with zero attached hydrogens (tertiary/aromatic N) is 1. The van der Waals surface area contributed by atoms with Gasteiger partial charge >= 0.3 is 5.97 Å². The molecule has 2 atom stereocenters. The molecule has 0 bridgehead atoms. The molecule has 2 unspecified atom stereocenters. The molecule has 6 nitrogen and oxygen atoms in total. The summed E-state index contributed by atoms with van der Waals surface area (Å²) in [7, 11) is 0. The zero-order valence-electron chi connectivity index (χ0n) is 9.62. The minimum Gasteiger partial charge on any atom is -0.477 e. The van der Waals surface area contributed by atoms with Gasteiger partial charge in [-0.05, 0) is 18.4 Å². The standard InChI is InChI=1S/C11H12N2O4S/c1-6(9-3-2-4-18-9)12-10(14)8-5-7(11(15)16)13-17-8/h2-4,6,8H,5H2,1H3,(H,12,14)(H,15,16). The van der Waals surface area contributed by atoms with Gasteiger partial charge in [0.1, 0.15) is 0 Å². The molecule has 0 aliphatic carbocycles. The zero-order valence-corrected chi connectivity index (χ0v) is 10.4. The van der Waals surface area contributed by atoms with E-state index in [-0.39, 0.29) is 24.1 Å². The molecular formula is C11H12N2O4S. The molecule has 0 saturated heterocycles. The SMILES string of the molecule is CC(NC(=O)C1CC(C(=O)O)=NO1)c1cccs1. The number of carboxylic acids is 1. The maximum atomic E-state index is 11.8. The minimum atomic E-state index is -1.16. The maximum absolute atomic E-state index is 11.8. The van der Waals surface area contributed by atoms with Crippen molar-refractivity contribution in [1.29, 1.82) is 0 Å². The van der Waals surface area contributed by atoms with E-state index in [0.29, 0.717) is 0 Å². The lowest BCUT2D eigenvalue weighted by molar-refractivity contribution is -0.131. The lowest BCUT2D eigenvalue weighted by Gasteiger charge is -2.14. The summed E-state index contributed by atoms with van der Waals surface area (Å²) in [6.45, 7) is 1.86. The Hall–Kier alpha value is -1.89. The van der Waals surface area contributed by atoms with Crippen LogP contribution >= 0.6 is 11.3 Å². The highest BCUT2D eigenvalue weighted by Gasteiger charge is 2.32. The molecule has 18 heavy (non-hydrogen) atoms. The second kappa shape index (κ2) is 5.18. The molecule has 2 N–H and O–H groups in total. The Morgan fingerprint density at radius 2 is 2.44 bits per heavy atom. The summed E-state index contributed by atoms with van der Waals surface area (Å²) in [6, 6.07) is 3.69. The predicted octanol–water partition coefficient (Wildman–Crippen LogP) is 1.15. The fraction of sp³-hybridized carbons (Fsp3) is 0.364. The van der Waals surface area contributed by atoms with Crippen molar-refractivity contribution in [3.05, 3.63) is 22.4 Å². The van der Waals surface area contributed by atoms with Gasteiger partial charge in [-0.15, -0.1) is 11.3 Å². The molecule has 1 aliphatic heterocycles. The predicted molar refractivity (Wildman–Crippen MR) is 65.4 cm³/mol. The number of rotatable bonds is 4. The highest BCUT2D eigenvalue weighted by Crippen LogP contribution is 2.19. The molecule has 0 spiro atoms. The monoisotopic (exact) mass is 268 g/mol. The Morgan fingerprint density at radius 3 is 3.00 bits per heavy atom. The quantitative estimate of drug-likeness (QED) is 0.857. The van der Waals surface area contributed by atoms with Crippen LogP contribution in [0.15, 0.2) is 22.7 Å². The molecule has 1 aliphatic rings. The van der Waals surface area contributed by atoms with Gasteiger partial charge in [-0.1, -0.05) is 11.2 Å². The Balaban J connectivity index is 1.89. The number of carbonyl (C=O) groups is 2. The van der Waals surface area contributed by atoms with Gasteiger partial charge < -0.3 is 15.3 Å². The first-order valence-electron chi connectivity index (χ1n) is 5.37. The van der Waals surface area contributed by atoms with Crippen molar-refractivity contribution < 1.29 is 19.5 Å². The van der Waals surface area contributed by atoms with Crippen LogP contribution in [0.5, 0.6) is 0 Å². The van der Waals surface area contributed by atoms with Crippen molar-refractivity contribution >= 4 is 28.9 Å². The topological polar surface area (TPSA) is 88.0 Å². The van der Waals surface area contributed by atoms with Crippen molar-refractivity contribution in [3.8, 4) is 0 Å². The number of oxime groups is 1. The number of carboxylic acid groups (broad SMARTS) is 1. The highest BCUT2D eigenvalue weighted by molar-refractivity contribution is 7.10. The second-order valence-corrected chi connectivity index (χ2v) is 4.87. The van der Waals surface area contributed by atoms with E-state index in [1.807, 2.05) is 24.4 Å². The Bertz CT molecular complexity index is 483. The van der Waals surface area contributed by atoms with E-state index in [1.54, 1.807) is 11.3 Å². The summed E-state index contributed by atoms with van der Waals surface area (Å²) in [5.74, 6) is -1.51. The third-order valence-corrected chi connectivity index (χ3v) is 3.59. The third kappa shape index (κ3) is 2.67. The van der Waals surface area contributed by atoms with E-state index < -0.39 is 12.1 Å². The van der Waals surface area contributed by atoms with Gasteiger partial charge in [-0.2, -0.15) is 0 Å². The van der Waals surface area contributed by atoms with Crippen molar-refractivity contribution in [3.63, 3.8) is 0 Å². The van der Waals surface area contributed by atoms with Gasteiger partial charge in [0, 0.05) is 11.3 Å². The Labute approximate surface area is 107 Å². The molecule has 0 saturated carbocycles. The summed E-state index contributed by atoms with van der Waals surface area (Å²) in [4.78, 5) is 28.3. The largest absolute Gasteiger partial charge is 0.477 e. The summed E-state index contributed by atoms with van der Waals surface area (Å²) in [5.41, 5.74) is -0.126. The molecule has 1 amide bonds. The van der Waals surface area contributed by atoms with Crippen LogP contribution < -0.4 is 5.32 Å². The van der Waals surface area contributed by atoms with Crippen LogP contribution in [-0.4, -0.2) is 28.8 Å². The number of hydrogen-bond donors (Lipinski definition) is 2. The van der Waals surface area contributed by atoms with Crippen LogP contribution in [0.1, 0.15) is 24.3 Å². The number of aliphatic carboxylic acids is 1. The molecular weight excluding hydrogens is 256 g/mol. The van der Waals surface area contributed by atoms with Crippen LogP contribution in [0, 0.1) is 0 Å². The molecule has 7 heteroatoms. The first-order chi connectivity index (χ1) is 8.58. The average molecular weight is 268 g/mol. The van der Waals surface area contributed by atoms with E-state index in [9.17, 15) is 9.59 Å². The summed E-state index contributed by atoms with van der Waals surface area (Å²) < 4.78 is 0. The maximum Gasteiger partial charge on any atom is 0.353 e. The third-order valence-electron chi connectivity index (χ3n) is 2.54. The van der Waals surface area contributed by atoms with Crippen LogP contribution in [0.25, 0.3) is 0 Å². The van der Waals surface area contributed by atoms with Crippen LogP contribution in [-0.2, 0) is 14.4 Å². The van der Waals surface area contributed by atoms with Crippen molar-refractivity contribution in [2.45, 2.75) is 25.5 Å². The van der Waals surface area contributed by atoms with Crippen LogP contribution in [0.3, 0.4) is 0 Å². The minimum absolute atomic E-state index is 0.00166. The first-order valence-corrected chi connectivity index (χ1v) is 6.25. The van der Waals surface area contributed by atoms with Crippen molar-refractivity contribution in [2.24, 2.45) is 5.16 Å². The molecule has 0 aromatic carbocycles. The smallest absolute Gasteiger partial charge is 0.353 e. The van der Waals surface area contributed by atoms with Crippen molar-refractivity contribution in [1.82, 2.24) is 5.32 Å². The van der Waals surface area contributed by atoms with Gasteiger partial charge in [0.05, 0.1) is 6.04 Å². The van der Waals surface area contributed by atoms with E-state index in [0.717, 1.165) is 4.88 Å². The molecule has 2 rings (SSSR count). The fourth-order valence-corrected chi connectivity index (χ4v) is 2.29. The molecule has 2 heterocycles. The van der Waals surface area contributed by atoms with E-state index in [2.05, 4.69) is 10.5 Å². The van der Waals surface area contributed by atoms with E-state index >= 15 is 0 Å². The van der Waals surface area contributed by atoms with Crippen molar-refractivity contribution in [2.75, 3.05) is 0 Å². The van der Waals surface area contributed by atoms with Gasteiger partial charge in [0.25, 0.3) is 5.91 Å². The molecule has 0 radical (unpaired) electrons. The van der Waals surface area contributed by atoms with E-state index in [4.69, 9.17) is 9.94 Å². The van der Waals surface area contributed by atoms with E-state index in [1.165, 1.54) is 0 Å². The number of amides is 1. The highest BCUT2D eigenvalue weighted by atomic mass is 32.1. The van der Waals surface area contributed by atoms with Crippen LogP contribution in [0.2, 0.25) is 0 Å². The van der Waals surface area contributed by atoms with Gasteiger partial charge in [0.2, 0.25) is 6.10 Å². The number of nitrogens with one attached hydrogen (secondary N) is 1. The Kier molecular flexibility index (Phi) is 3.61. The van der Waals surface area contributed by atoms with Crippen LogP contribution in [0.4, 0.5) is 0 Å². The molecule has 96 valence electrons. The lowest BCUT2D eigenvalue weighted by atomic mass is 10.1. The van der Waals surface area contributed by atoms with Gasteiger partial charge in [-0.3, -0.25) is 4.79 Å². The summed E-state index contributed by atoms with van der Waals surface area (Å²) in [6.07, 6.45) is -0.850. The molecule has 1 aromatic rings. The number of thiophene rings is 1. The normalized spacial score (nSPS) is 19.8. The van der Waals surface area contributed by atoms with Gasteiger partial charge in [0.15, 0.2) is 5.71 Å². The Morgan fingerprint density at radius 1 is 1.67 bits per heavy atom. The summed E-state index contributed by atoms with van der Waals surface area (Å²) in [5, 5.41) is 16.8. The number of carbonyl (C=O) groups excluding carboxylic acids is 1. The van der Waals surface area contributed by atoms with Gasteiger partial charge in [-0.25, -0.2) is 4.79 Å². The summed E-state index contributed by atoms with van der Waals surface area (Å²) >= 11 is 1.54. The first kappa shape index (κ1) is 12.6.